The highest BCUT2D eigenvalue weighted by Gasteiger charge is 2.11. The number of carbonyl (C=O) groups is 1. The van der Waals surface area contributed by atoms with Gasteiger partial charge in [-0.3, -0.25) is 4.68 Å². The maximum atomic E-state index is 10.4. The second kappa shape index (κ2) is 15.8. The van der Waals surface area contributed by atoms with E-state index in [0.29, 0.717) is 6.42 Å². The average Bonchev–Trinajstić information content (AvgIpc) is 3.68. The first-order chi connectivity index (χ1) is 20.6. The Hall–Kier alpha value is -4.08. The van der Waals surface area contributed by atoms with Gasteiger partial charge in [0.25, 0.3) is 0 Å². The number of rotatable bonds is 9. The maximum Gasteiger partial charge on any atom is 0.158 e. The number of aldehydes is 1. The number of carbonyl (C=O) groups excluding carboxylic acids is 1. The summed E-state index contributed by atoms with van der Waals surface area (Å²) >= 11 is 0. The topological polar surface area (TPSA) is 97.8 Å². The molecule has 42 heavy (non-hydrogen) atoms. The molecule has 4 heterocycles. The molecule has 0 spiro atoms. The number of nitrogens with zero attached hydrogens (tertiary/aromatic N) is 6. The summed E-state index contributed by atoms with van der Waals surface area (Å²) in [6.07, 6.45) is 13.6. The Labute approximate surface area is 247 Å². The second-order valence-corrected chi connectivity index (χ2v) is 10.3. The third-order valence-corrected chi connectivity index (χ3v) is 7.33. The highest BCUT2D eigenvalue weighted by molar-refractivity contribution is 5.83. The summed E-state index contributed by atoms with van der Waals surface area (Å²) in [6, 6.07) is 15.0. The molecule has 0 saturated carbocycles. The summed E-state index contributed by atoms with van der Waals surface area (Å²) in [5.74, 6) is 0. The quantitative estimate of drug-likeness (QED) is 0.181. The largest absolute Gasteiger partial charge is 0.400 e. The van der Waals surface area contributed by atoms with Gasteiger partial charge < -0.3 is 23.9 Å². The van der Waals surface area contributed by atoms with E-state index >= 15 is 0 Å². The molecule has 5 aromatic rings. The van der Waals surface area contributed by atoms with Crippen LogP contribution in [0.5, 0.6) is 0 Å². The first kappa shape index (κ1) is 30.9. The van der Waals surface area contributed by atoms with E-state index in [4.69, 9.17) is 14.8 Å². The zero-order chi connectivity index (χ0) is 29.7. The first-order valence-electron chi connectivity index (χ1n) is 14.7. The third-order valence-electron chi connectivity index (χ3n) is 7.33. The van der Waals surface area contributed by atoms with Crippen LogP contribution in [0.25, 0.3) is 27.8 Å². The zero-order valence-corrected chi connectivity index (χ0v) is 24.9. The summed E-state index contributed by atoms with van der Waals surface area (Å²) in [6.45, 7) is 8.73. The maximum absolute atomic E-state index is 10.4. The summed E-state index contributed by atoms with van der Waals surface area (Å²) in [5, 5.41) is 12.7. The molecule has 6 rings (SSSR count). The van der Waals surface area contributed by atoms with Crippen molar-refractivity contribution in [3.8, 4) is 11.3 Å². The number of aliphatic hydroxyl groups excluding tert-OH is 1. The van der Waals surface area contributed by atoms with Crippen molar-refractivity contribution in [1.29, 1.82) is 0 Å². The lowest BCUT2D eigenvalue weighted by atomic mass is 10.1. The smallest absolute Gasteiger partial charge is 0.158 e. The fraction of sp³-hybridized carbons (Fsp3) is 0.394. The van der Waals surface area contributed by atoms with Crippen molar-refractivity contribution in [3.63, 3.8) is 0 Å². The normalized spacial score (nSPS) is 12.9. The van der Waals surface area contributed by atoms with Crippen molar-refractivity contribution >= 4 is 28.5 Å². The fourth-order valence-electron chi connectivity index (χ4n) is 5.06. The molecule has 1 saturated heterocycles. The molecule has 3 aromatic heterocycles. The van der Waals surface area contributed by atoms with E-state index in [1.807, 2.05) is 29.9 Å². The molecule has 9 nitrogen and oxygen atoms in total. The van der Waals surface area contributed by atoms with Crippen molar-refractivity contribution in [2.45, 2.75) is 52.5 Å². The zero-order valence-electron chi connectivity index (χ0n) is 24.9. The van der Waals surface area contributed by atoms with Crippen LogP contribution in [0, 0.1) is 13.8 Å². The Balaban J connectivity index is 0.000000226. The second-order valence-electron chi connectivity index (χ2n) is 10.3. The predicted octanol–water partition coefficient (Wildman–Crippen LogP) is 5.64. The molecular weight excluding hydrogens is 528 g/mol. The highest BCUT2D eigenvalue weighted by atomic mass is 16.5. The Bertz CT molecular complexity index is 1540. The lowest BCUT2D eigenvalue weighted by molar-refractivity contribution is -0.107. The van der Waals surface area contributed by atoms with E-state index in [2.05, 4.69) is 69.1 Å². The summed E-state index contributed by atoms with van der Waals surface area (Å²) in [5.41, 5.74) is 7.58. The van der Waals surface area contributed by atoms with Crippen molar-refractivity contribution in [3.05, 3.63) is 78.5 Å². The number of fused-ring (bicyclic) bond motifs is 2. The van der Waals surface area contributed by atoms with Gasteiger partial charge in [0, 0.05) is 68.4 Å². The van der Waals surface area contributed by atoms with Crippen molar-refractivity contribution in [1.82, 2.24) is 24.1 Å². The van der Waals surface area contributed by atoms with Gasteiger partial charge >= 0.3 is 0 Å². The van der Waals surface area contributed by atoms with Gasteiger partial charge in [-0.1, -0.05) is 42.7 Å². The van der Waals surface area contributed by atoms with Gasteiger partial charge in [0.15, 0.2) is 5.65 Å². The predicted molar refractivity (Wildman–Crippen MR) is 168 cm³/mol. The number of hydrogen-bond donors (Lipinski definition) is 1. The van der Waals surface area contributed by atoms with Crippen molar-refractivity contribution in [2.24, 2.45) is 0 Å². The van der Waals surface area contributed by atoms with E-state index < -0.39 is 0 Å². The van der Waals surface area contributed by atoms with Crippen molar-refractivity contribution < 1.29 is 14.6 Å². The number of aromatic nitrogens is 5. The van der Waals surface area contributed by atoms with E-state index in [1.54, 1.807) is 6.20 Å². The first-order valence-corrected chi connectivity index (χ1v) is 14.7. The van der Waals surface area contributed by atoms with E-state index in [9.17, 15) is 4.79 Å². The number of anilines is 1. The van der Waals surface area contributed by atoms with Crippen LogP contribution in [0.2, 0.25) is 0 Å². The Morgan fingerprint density at radius 2 is 1.74 bits per heavy atom. The minimum Gasteiger partial charge on any atom is -0.400 e. The average molecular weight is 571 g/mol. The fourth-order valence-corrected chi connectivity index (χ4v) is 5.06. The molecule has 222 valence electrons. The van der Waals surface area contributed by atoms with Gasteiger partial charge in [-0.15, -0.1) is 0 Å². The molecule has 1 fully saturated rings. The third kappa shape index (κ3) is 8.02. The Kier molecular flexibility index (Phi) is 11.6. The number of hydrogen-bond acceptors (Lipinski definition) is 7. The van der Waals surface area contributed by atoms with Crippen LogP contribution < -0.4 is 4.90 Å². The van der Waals surface area contributed by atoms with Crippen LogP contribution in [0.4, 0.5) is 5.69 Å². The molecule has 9 heteroatoms. The molecule has 2 aromatic carbocycles. The Morgan fingerprint density at radius 3 is 2.50 bits per heavy atom. The molecule has 0 bridgehead atoms. The van der Waals surface area contributed by atoms with E-state index in [1.165, 1.54) is 11.3 Å². The monoisotopic (exact) mass is 570 g/mol. The molecule has 1 N–H and O–H groups in total. The van der Waals surface area contributed by atoms with Crippen LogP contribution in [0.15, 0.2) is 67.3 Å². The molecule has 0 amide bonds. The molecule has 0 atom stereocenters. The molecular formula is C33H42N6O3. The highest BCUT2D eigenvalue weighted by Crippen LogP contribution is 2.24. The number of aryl methyl sites for hydroxylation is 3. The van der Waals surface area contributed by atoms with Gasteiger partial charge in [0.1, 0.15) is 6.29 Å². The summed E-state index contributed by atoms with van der Waals surface area (Å²) in [7, 11) is 1.00. The lowest BCUT2D eigenvalue weighted by Crippen LogP contribution is -2.36. The van der Waals surface area contributed by atoms with Gasteiger partial charge in [-0.2, -0.15) is 5.10 Å². The summed E-state index contributed by atoms with van der Waals surface area (Å²) < 4.78 is 9.39. The van der Waals surface area contributed by atoms with Crippen LogP contribution in [-0.4, -0.2) is 69.0 Å². The number of imidazole rings is 1. The SMILES string of the molecule is CO.Cc1ccc(N2CCOCC2)cc1.Cc1nc(-c2ccc3cnn(CCCCCCC=O)c3c2)cn2ccnc12. The van der Waals surface area contributed by atoms with Gasteiger partial charge in [-0.05, 0) is 44.9 Å². The number of aliphatic hydroxyl groups is 1. The standard InChI is InChI=1S/C21H23N5O.C11H15NO.CH4O/c1-16-21-22-9-11-25(21)15-19(24-16)17-7-8-18-14-23-26(20(18)13-17)10-5-3-2-4-6-12-27;1-10-2-4-11(5-3-10)12-6-8-13-9-7-12;1-2/h7-9,11-15H,2-6,10H2,1H3;2-5H,6-9H2,1H3;2H,1H3. The lowest BCUT2D eigenvalue weighted by Gasteiger charge is -2.28. The minimum atomic E-state index is 0.668. The number of morpholine rings is 1. The summed E-state index contributed by atoms with van der Waals surface area (Å²) in [4.78, 5) is 21.8. The van der Waals surface area contributed by atoms with E-state index in [0.717, 1.165) is 105 Å². The van der Waals surface area contributed by atoms with Gasteiger partial charge in [0.05, 0.1) is 36.3 Å². The van der Waals surface area contributed by atoms with E-state index in [-0.39, 0.29) is 0 Å². The van der Waals surface area contributed by atoms with Gasteiger partial charge in [-0.25, -0.2) is 9.97 Å². The molecule has 1 aliphatic heterocycles. The van der Waals surface area contributed by atoms with Gasteiger partial charge in [0.2, 0.25) is 0 Å². The number of unbranched alkanes of at least 4 members (excludes halogenated alkanes) is 4. The molecule has 1 aliphatic rings. The molecule has 0 radical (unpaired) electrons. The molecule has 0 unspecified atom stereocenters. The molecule has 0 aliphatic carbocycles. The van der Waals surface area contributed by atoms with Crippen LogP contribution in [0.1, 0.15) is 43.4 Å². The number of benzene rings is 2. The van der Waals surface area contributed by atoms with Crippen LogP contribution in [0.3, 0.4) is 0 Å². The minimum absolute atomic E-state index is 0.668. The Morgan fingerprint density at radius 1 is 0.976 bits per heavy atom. The van der Waals surface area contributed by atoms with Crippen molar-refractivity contribution in [2.75, 3.05) is 38.3 Å². The van der Waals surface area contributed by atoms with Crippen LogP contribution >= 0.6 is 0 Å². The van der Waals surface area contributed by atoms with Crippen LogP contribution in [-0.2, 0) is 16.1 Å². The number of ether oxygens (including phenoxy) is 1.